The molecule has 2 aromatic heterocycles. The van der Waals surface area contributed by atoms with Crippen molar-refractivity contribution in [1.82, 2.24) is 9.97 Å². The first kappa shape index (κ1) is 20.7. The normalized spacial score (nSPS) is 10.5. The lowest BCUT2D eigenvalue weighted by Crippen LogP contribution is -2.24. The third-order valence-corrected chi connectivity index (χ3v) is 4.65. The van der Waals surface area contributed by atoms with Crippen LogP contribution in [-0.4, -0.2) is 21.8 Å². The molecular weight excluding hydrogens is 418 g/mol. The van der Waals surface area contributed by atoms with Crippen molar-refractivity contribution in [2.24, 2.45) is 0 Å². The smallest absolute Gasteiger partial charge is 0.229 e. The van der Waals surface area contributed by atoms with Gasteiger partial charge >= 0.3 is 0 Å². The fourth-order valence-corrected chi connectivity index (χ4v) is 3.22. The summed E-state index contributed by atoms with van der Waals surface area (Å²) in [5.74, 6) is -1.23. The maximum Gasteiger partial charge on any atom is 0.229 e. The minimum Gasteiger partial charge on any atom is -0.326 e. The van der Waals surface area contributed by atoms with Crippen molar-refractivity contribution in [3.63, 3.8) is 0 Å². The second kappa shape index (κ2) is 8.98. The third kappa shape index (κ3) is 5.07. The van der Waals surface area contributed by atoms with Crippen molar-refractivity contribution in [3.8, 4) is 0 Å². The SMILES string of the molecule is CC(=O)N(c1ccnc(F)c1)c1cc(NC(=O)Cc2c(Cl)cccc2Cl)ccn1. The molecule has 2 heterocycles. The van der Waals surface area contributed by atoms with Crippen LogP contribution in [0.2, 0.25) is 10.0 Å². The standard InChI is InChI=1S/C20H15Cl2FN4O2/c1-12(28)27(14-6-8-24-18(23)10-14)19-9-13(5-7-25-19)26-20(29)11-15-16(21)3-2-4-17(15)22/h2-10H,11H2,1H3,(H,25,26,29). The molecule has 0 radical (unpaired) electrons. The van der Waals surface area contributed by atoms with Crippen molar-refractivity contribution < 1.29 is 14.0 Å². The number of carbonyl (C=O) groups is 2. The summed E-state index contributed by atoms with van der Waals surface area (Å²) in [6, 6.07) is 10.7. The van der Waals surface area contributed by atoms with Gasteiger partial charge in [-0.05, 0) is 29.8 Å². The number of anilines is 3. The molecule has 0 saturated carbocycles. The molecule has 3 rings (SSSR count). The topological polar surface area (TPSA) is 75.2 Å². The number of pyridine rings is 2. The molecule has 2 amide bonds. The Bertz CT molecular complexity index is 1060. The number of aromatic nitrogens is 2. The van der Waals surface area contributed by atoms with E-state index in [0.29, 0.717) is 21.3 Å². The van der Waals surface area contributed by atoms with Crippen LogP contribution in [0.5, 0.6) is 0 Å². The highest BCUT2D eigenvalue weighted by atomic mass is 35.5. The molecule has 0 saturated heterocycles. The van der Waals surface area contributed by atoms with Crippen LogP contribution in [0, 0.1) is 5.95 Å². The number of nitrogens with zero attached hydrogens (tertiary/aromatic N) is 3. The molecule has 0 atom stereocenters. The van der Waals surface area contributed by atoms with Crippen LogP contribution in [0.4, 0.5) is 21.6 Å². The minimum absolute atomic E-state index is 0.0256. The minimum atomic E-state index is -0.727. The number of amides is 2. The number of hydrogen-bond donors (Lipinski definition) is 1. The van der Waals surface area contributed by atoms with E-state index < -0.39 is 5.95 Å². The zero-order chi connectivity index (χ0) is 21.0. The Morgan fingerprint density at radius 2 is 1.76 bits per heavy atom. The average Bonchev–Trinajstić information content (AvgIpc) is 2.65. The highest BCUT2D eigenvalue weighted by Crippen LogP contribution is 2.27. The maximum absolute atomic E-state index is 13.5. The maximum atomic E-state index is 13.5. The van der Waals surface area contributed by atoms with Crippen LogP contribution in [0.3, 0.4) is 0 Å². The Kier molecular flexibility index (Phi) is 6.41. The summed E-state index contributed by atoms with van der Waals surface area (Å²) < 4.78 is 13.5. The lowest BCUT2D eigenvalue weighted by atomic mass is 10.1. The molecule has 0 fully saturated rings. The van der Waals surface area contributed by atoms with Crippen LogP contribution in [0.25, 0.3) is 0 Å². The quantitative estimate of drug-likeness (QED) is 0.588. The van der Waals surface area contributed by atoms with Gasteiger partial charge < -0.3 is 5.32 Å². The first-order valence-corrected chi connectivity index (χ1v) is 9.22. The van der Waals surface area contributed by atoms with Crippen LogP contribution in [0.15, 0.2) is 54.9 Å². The zero-order valence-electron chi connectivity index (χ0n) is 15.2. The lowest BCUT2D eigenvalue weighted by molar-refractivity contribution is -0.116. The number of carbonyl (C=O) groups excluding carboxylic acids is 2. The Labute approximate surface area is 176 Å². The molecule has 1 N–H and O–H groups in total. The van der Waals surface area contributed by atoms with Crippen LogP contribution < -0.4 is 10.2 Å². The summed E-state index contributed by atoms with van der Waals surface area (Å²) in [6.07, 6.45) is 2.66. The zero-order valence-corrected chi connectivity index (χ0v) is 16.7. The second-order valence-corrected chi connectivity index (χ2v) is 6.83. The van der Waals surface area contributed by atoms with E-state index in [9.17, 15) is 14.0 Å². The first-order valence-electron chi connectivity index (χ1n) is 8.46. The Morgan fingerprint density at radius 1 is 1.07 bits per heavy atom. The highest BCUT2D eigenvalue weighted by Gasteiger charge is 2.18. The van der Waals surface area contributed by atoms with E-state index in [-0.39, 0.29) is 29.7 Å². The summed E-state index contributed by atoms with van der Waals surface area (Å²) in [7, 11) is 0. The molecule has 3 aromatic rings. The average molecular weight is 433 g/mol. The molecule has 148 valence electrons. The monoisotopic (exact) mass is 432 g/mol. The Balaban J connectivity index is 1.83. The number of rotatable bonds is 5. The van der Waals surface area contributed by atoms with Crippen LogP contribution >= 0.6 is 23.2 Å². The molecule has 6 nitrogen and oxygen atoms in total. The molecule has 0 bridgehead atoms. The van der Waals surface area contributed by atoms with Gasteiger partial charge in [0.05, 0.1) is 12.1 Å². The van der Waals surface area contributed by atoms with Crippen molar-refractivity contribution in [1.29, 1.82) is 0 Å². The molecule has 0 unspecified atom stereocenters. The second-order valence-electron chi connectivity index (χ2n) is 6.02. The molecule has 0 spiro atoms. The highest BCUT2D eigenvalue weighted by molar-refractivity contribution is 6.36. The fourth-order valence-electron chi connectivity index (χ4n) is 2.69. The van der Waals surface area contributed by atoms with Gasteiger partial charge in [0.25, 0.3) is 0 Å². The molecule has 0 aliphatic heterocycles. The lowest BCUT2D eigenvalue weighted by Gasteiger charge is -2.20. The van der Waals surface area contributed by atoms with Gasteiger partial charge in [0.1, 0.15) is 5.82 Å². The molecule has 0 aliphatic rings. The molecule has 0 aliphatic carbocycles. The first-order chi connectivity index (χ1) is 13.8. The van der Waals surface area contributed by atoms with E-state index in [2.05, 4.69) is 15.3 Å². The van der Waals surface area contributed by atoms with E-state index in [1.54, 1.807) is 24.3 Å². The van der Waals surface area contributed by atoms with E-state index in [0.717, 1.165) is 6.07 Å². The summed E-state index contributed by atoms with van der Waals surface area (Å²) in [5.41, 5.74) is 1.19. The van der Waals surface area contributed by atoms with Gasteiger partial charge in [-0.15, -0.1) is 0 Å². The van der Waals surface area contributed by atoms with Crippen LogP contribution in [-0.2, 0) is 16.0 Å². The van der Waals surface area contributed by atoms with Crippen molar-refractivity contribution in [2.45, 2.75) is 13.3 Å². The van der Waals surface area contributed by atoms with Crippen LogP contribution in [0.1, 0.15) is 12.5 Å². The van der Waals surface area contributed by atoms with E-state index >= 15 is 0 Å². The van der Waals surface area contributed by atoms with Gasteiger partial charge in [-0.25, -0.2) is 9.97 Å². The van der Waals surface area contributed by atoms with Crippen molar-refractivity contribution in [3.05, 3.63) is 76.4 Å². The summed E-state index contributed by atoms with van der Waals surface area (Å²) >= 11 is 12.2. The summed E-state index contributed by atoms with van der Waals surface area (Å²) in [4.78, 5) is 33.4. The Morgan fingerprint density at radius 3 is 2.41 bits per heavy atom. The number of benzene rings is 1. The van der Waals surface area contributed by atoms with Crippen molar-refractivity contribution in [2.75, 3.05) is 10.2 Å². The fraction of sp³-hybridized carbons (Fsp3) is 0.100. The van der Waals surface area contributed by atoms with E-state index in [4.69, 9.17) is 23.2 Å². The molecule has 9 heteroatoms. The van der Waals surface area contributed by atoms with E-state index in [1.165, 1.54) is 36.4 Å². The summed E-state index contributed by atoms with van der Waals surface area (Å²) in [5, 5.41) is 3.51. The number of halogens is 3. The molecular formula is C20H15Cl2FN4O2. The van der Waals surface area contributed by atoms with Crippen molar-refractivity contribution >= 4 is 52.2 Å². The molecule has 1 aromatic carbocycles. The van der Waals surface area contributed by atoms with Gasteiger partial charge in [-0.1, -0.05) is 29.3 Å². The summed E-state index contributed by atoms with van der Waals surface area (Å²) in [6.45, 7) is 1.32. The van der Waals surface area contributed by atoms with Gasteiger partial charge in [0.15, 0.2) is 0 Å². The van der Waals surface area contributed by atoms with Gasteiger partial charge in [0, 0.05) is 47.2 Å². The van der Waals surface area contributed by atoms with Gasteiger partial charge in [0.2, 0.25) is 17.8 Å². The largest absolute Gasteiger partial charge is 0.326 e. The third-order valence-electron chi connectivity index (χ3n) is 3.94. The van der Waals surface area contributed by atoms with Gasteiger partial charge in [-0.3, -0.25) is 14.5 Å². The Hall–Kier alpha value is -3.03. The molecule has 29 heavy (non-hydrogen) atoms. The van der Waals surface area contributed by atoms with E-state index in [1.807, 2.05) is 0 Å². The number of nitrogens with one attached hydrogen (secondary N) is 1. The van der Waals surface area contributed by atoms with Gasteiger partial charge in [-0.2, -0.15) is 4.39 Å². The predicted molar refractivity (Wildman–Crippen MR) is 110 cm³/mol. The predicted octanol–water partition coefficient (Wildman–Crippen LogP) is 4.79. The number of hydrogen-bond acceptors (Lipinski definition) is 4.